The van der Waals surface area contributed by atoms with E-state index in [1.165, 1.54) is 0 Å². The molecule has 1 aliphatic rings. The predicted molar refractivity (Wildman–Crippen MR) is 59.9 cm³/mol. The van der Waals surface area contributed by atoms with Crippen LogP contribution in [0.25, 0.3) is 0 Å². The SMILES string of the molecule is CC(C)CN1CCNC(CCC(=O)O)C1. The number of rotatable bonds is 5. The quantitative estimate of drug-likeness (QED) is 0.710. The van der Waals surface area contributed by atoms with Gasteiger partial charge in [-0.2, -0.15) is 0 Å². The van der Waals surface area contributed by atoms with Gasteiger partial charge in [-0.05, 0) is 12.3 Å². The highest BCUT2D eigenvalue weighted by atomic mass is 16.4. The first-order valence-corrected chi connectivity index (χ1v) is 5.75. The van der Waals surface area contributed by atoms with Gasteiger partial charge in [-0.3, -0.25) is 4.79 Å². The van der Waals surface area contributed by atoms with Crippen LogP contribution in [0.1, 0.15) is 26.7 Å². The third-order valence-electron chi connectivity index (χ3n) is 2.67. The summed E-state index contributed by atoms with van der Waals surface area (Å²) >= 11 is 0. The lowest BCUT2D eigenvalue weighted by molar-refractivity contribution is -0.137. The van der Waals surface area contributed by atoms with E-state index in [4.69, 9.17) is 5.11 Å². The number of carbonyl (C=O) groups is 1. The molecule has 1 aliphatic heterocycles. The van der Waals surface area contributed by atoms with Gasteiger partial charge in [-0.25, -0.2) is 0 Å². The molecule has 1 heterocycles. The van der Waals surface area contributed by atoms with Crippen molar-refractivity contribution < 1.29 is 9.90 Å². The largest absolute Gasteiger partial charge is 0.481 e. The molecule has 1 saturated heterocycles. The van der Waals surface area contributed by atoms with Crippen molar-refractivity contribution in [1.82, 2.24) is 10.2 Å². The first kappa shape index (κ1) is 12.5. The summed E-state index contributed by atoms with van der Waals surface area (Å²) in [6.45, 7) is 8.61. The maximum Gasteiger partial charge on any atom is 0.303 e. The maximum atomic E-state index is 10.5. The molecule has 0 saturated carbocycles. The van der Waals surface area contributed by atoms with Crippen molar-refractivity contribution in [1.29, 1.82) is 0 Å². The lowest BCUT2D eigenvalue weighted by atomic mass is 10.1. The number of aliphatic carboxylic acids is 1. The molecule has 15 heavy (non-hydrogen) atoms. The van der Waals surface area contributed by atoms with Crippen LogP contribution in [0.5, 0.6) is 0 Å². The second-order valence-corrected chi connectivity index (χ2v) is 4.74. The molecule has 1 atom stereocenters. The molecule has 2 N–H and O–H groups in total. The van der Waals surface area contributed by atoms with Crippen LogP contribution < -0.4 is 5.32 Å². The van der Waals surface area contributed by atoms with Crippen molar-refractivity contribution in [3.63, 3.8) is 0 Å². The molecule has 4 nitrogen and oxygen atoms in total. The molecule has 0 aliphatic carbocycles. The zero-order chi connectivity index (χ0) is 11.3. The molecule has 0 aromatic rings. The number of carboxylic acid groups (broad SMARTS) is 1. The second kappa shape index (κ2) is 6.08. The molecular formula is C11H22N2O2. The van der Waals surface area contributed by atoms with Gasteiger partial charge in [0.2, 0.25) is 0 Å². The van der Waals surface area contributed by atoms with E-state index in [-0.39, 0.29) is 6.42 Å². The smallest absolute Gasteiger partial charge is 0.303 e. The minimum Gasteiger partial charge on any atom is -0.481 e. The average Bonchev–Trinajstić information content (AvgIpc) is 2.14. The summed E-state index contributed by atoms with van der Waals surface area (Å²) < 4.78 is 0. The Morgan fingerprint density at radius 1 is 1.60 bits per heavy atom. The Bertz CT molecular complexity index is 207. The van der Waals surface area contributed by atoms with Crippen LogP contribution in [-0.2, 0) is 4.79 Å². The third kappa shape index (κ3) is 5.14. The Labute approximate surface area is 91.6 Å². The fraction of sp³-hybridized carbons (Fsp3) is 0.909. The van der Waals surface area contributed by atoms with Gasteiger partial charge in [0.1, 0.15) is 0 Å². The summed E-state index contributed by atoms with van der Waals surface area (Å²) in [7, 11) is 0. The number of piperazine rings is 1. The lowest BCUT2D eigenvalue weighted by Crippen LogP contribution is -2.51. The van der Waals surface area contributed by atoms with Crippen LogP contribution in [-0.4, -0.2) is 48.2 Å². The van der Waals surface area contributed by atoms with E-state index in [9.17, 15) is 4.79 Å². The summed E-state index contributed by atoms with van der Waals surface area (Å²) in [6, 6.07) is 0.355. The van der Waals surface area contributed by atoms with Gasteiger partial charge in [-0.15, -0.1) is 0 Å². The molecule has 1 rings (SSSR count). The summed E-state index contributed by atoms with van der Waals surface area (Å²) in [5.41, 5.74) is 0. The van der Waals surface area contributed by atoms with E-state index in [1.807, 2.05) is 0 Å². The minimum atomic E-state index is -0.696. The summed E-state index contributed by atoms with van der Waals surface area (Å²) in [6.07, 6.45) is 1.01. The van der Waals surface area contributed by atoms with Crippen molar-refractivity contribution in [2.24, 2.45) is 5.92 Å². The van der Waals surface area contributed by atoms with E-state index in [2.05, 4.69) is 24.1 Å². The van der Waals surface area contributed by atoms with E-state index in [0.717, 1.165) is 32.6 Å². The molecule has 0 amide bonds. The first-order valence-electron chi connectivity index (χ1n) is 5.75. The third-order valence-corrected chi connectivity index (χ3v) is 2.67. The predicted octanol–water partition coefficient (Wildman–Crippen LogP) is 0.781. The standard InChI is InChI=1S/C11H22N2O2/c1-9(2)7-13-6-5-12-10(8-13)3-4-11(14)15/h9-10,12H,3-8H2,1-2H3,(H,14,15). The van der Waals surface area contributed by atoms with Crippen LogP contribution in [0, 0.1) is 5.92 Å². The normalized spacial score (nSPS) is 23.3. The van der Waals surface area contributed by atoms with Crippen LogP contribution in [0.15, 0.2) is 0 Å². The van der Waals surface area contributed by atoms with Crippen molar-refractivity contribution in [3.8, 4) is 0 Å². The molecule has 1 unspecified atom stereocenters. The maximum absolute atomic E-state index is 10.5. The van der Waals surface area contributed by atoms with Crippen LogP contribution in [0.3, 0.4) is 0 Å². The number of hydrogen-bond donors (Lipinski definition) is 2. The van der Waals surface area contributed by atoms with Crippen molar-refractivity contribution in [2.45, 2.75) is 32.7 Å². The average molecular weight is 214 g/mol. The highest BCUT2D eigenvalue weighted by Crippen LogP contribution is 2.07. The van der Waals surface area contributed by atoms with Crippen molar-refractivity contribution >= 4 is 5.97 Å². The van der Waals surface area contributed by atoms with Gasteiger partial charge < -0.3 is 15.3 Å². The van der Waals surface area contributed by atoms with Crippen molar-refractivity contribution in [3.05, 3.63) is 0 Å². The summed E-state index contributed by atoms with van der Waals surface area (Å²) in [5.74, 6) is -0.0130. The van der Waals surface area contributed by atoms with Gasteiger partial charge in [0.15, 0.2) is 0 Å². The first-order chi connectivity index (χ1) is 7.08. The van der Waals surface area contributed by atoms with E-state index in [0.29, 0.717) is 12.0 Å². The van der Waals surface area contributed by atoms with Gasteiger partial charge in [0.05, 0.1) is 0 Å². The fourth-order valence-electron chi connectivity index (χ4n) is 2.07. The Hall–Kier alpha value is -0.610. The molecule has 0 aromatic heterocycles. The van der Waals surface area contributed by atoms with Gasteiger partial charge in [0, 0.05) is 38.6 Å². The second-order valence-electron chi connectivity index (χ2n) is 4.74. The van der Waals surface area contributed by atoms with E-state index < -0.39 is 5.97 Å². The monoisotopic (exact) mass is 214 g/mol. The van der Waals surface area contributed by atoms with Crippen LogP contribution in [0.4, 0.5) is 0 Å². The van der Waals surface area contributed by atoms with E-state index >= 15 is 0 Å². The van der Waals surface area contributed by atoms with E-state index in [1.54, 1.807) is 0 Å². The molecule has 0 aromatic carbocycles. The number of nitrogens with one attached hydrogen (secondary N) is 1. The molecule has 4 heteroatoms. The summed E-state index contributed by atoms with van der Waals surface area (Å²) in [4.78, 5) is 12.9. The highest BCUT2D eigenvalue weighted by molar-refractivity contribution is 5.66. The molecule has 1 fully saturated rings. The fourth-order valence-corrected chi connectivity index (χ4v) is 2.07. The molecular weight excluding hydrogens is 192 g/mol. The zero-order valence-electron chi connectivity index (χ0n) is 9.70. The molecule has 0 spiro atoms. The highest BCUT2D eigenvalue weighted by Gasteiger charge is 2.19. The number of carboxylic acids is 1. The Morgan fingerprint density at radius 2 is 2.33 bits per heavy atom. The molecule has 0 radical (unpaired) electrons. The Kier molecular flexibility index (Phi) is 5.05. The Morgan fingerprint density at radius 3 is 2.93 bits per heavy atom. The zero-order valence-corrected chi connectivity index (χ0v) is 9.70. The lowest BCUT2D eigenvalue weighted by Gasteiger charge is -2.34. The van der Waals surface area contributed by atoms with Gasteiger partial charge in [0.25, 0.3) is 0 Å². The number of nitrogens with zero attached hydrogens (tertiary/aromatic N) is 1. The van der Waals surface area contributed by atoms with Gasteiger partial charge >= 0.3 is 5.97 Å². The van der Waals surface area contributed by atoms with Gasteiger partial charge in [-0.1, -0.05) is 13.8 Å². The number of hydrogen-bond acceptors (Lipinski definition) is 3. The minimum absolute atomic E-state index is 0.271. The van der Waals surface area contributed by atoms with Crippen molar-refractivity contribution in [2.75, 3.05) is 26.2 Å². The Balaban J connectivity index is 2.25. The van der Waals surface area contributed by atoms with Crippen LogP contribution in [0.2, 0.25) is 0 Å². The molecule has 0 bridgehead atoms. The topological polar surface area (TPSA) is 52.6 Å². The van der Waals surface area contributed by atoms with Crippen LogP contribution >= 0.6 is 0 Å². The summed E-state index contributed by atoms with van der Waals surface area (Å²) in [5, 5.41) is 12.0. The molecule has 88 valence electrons.